The standard InChI is InChI=1S/C34H30BrN3O5S/c1-3-30(33(41)37-28-18-8-7-17-27(28)34(42)43-2)44-26-16-10-15-25(21-26)36-32(40)29(20-22-11-9-14-24(35)19-22)38-31(39)23-12-5-4-6-13-23/h4-21,30H,3H2,1-2H3,(H,36,40)(H,37,41)(H,38,39)/b29-20+. The van der Waals surface area contributed by atoms with E-state index in [9.17, 15) is 19.2 Å². The molecule has 1 atom stereocenters. The smallest absolute Gasteiger partial charge is 0.339 e. The number of esters is 1. The molecule has 0 aliphatic rings. The van der Waals surface area contributed by atoms with Crippen LogP contribution in [0.4, 0.5) is 11.4 Å². The number of thioether (sulfide) groups is 1. The van der Waals surface area contributed by atoms with Crippen molar-refractivity contribution in [3.63, 3.8) is 0 Å². The summed E-state index contributed by atoms with van der Waals surface area (Å²) in [5.74, 6) is -1.75. The first-order valence-electron chi connectivity index (χ1n) is 13.7. The Balaban J connectivity index is 1.50. The fourth-order valence-corrected chi connectivity index (χ4v) is 5.56. The van der Waals surface area contributed by atoms with Gasteiger partial charge in [0.05, 0.1) is 23.6 Å². The van der Waals surface area contributed by atoms with Crippen LogP contribution in [0.5, 0.6) is 0 Å². The van der Waals surface area contributed by atoms with E-state index in [4.69, 9.17) is 4.74 Å². The Kier molecular flexibility index (Phi) is 11.5. The second kappa shape index (κ2) is 15.7. The molecule has 0 aromatic heterocycles. The summed E-state index contributed by atoms with van der Waals surface area (Å²) in [6.07, 6.45) is 2.11. The molecule has 224 valence electrons. The highest BCUT2D eigenvalue weighted by Crippen LogP contribution is 2.29. The highest BCUT2D eigenvalue weighted by atomic mass is 79.9. The third-order valence-electron chi connectivity index (χ3n) is 6.31. The predicted octanol–water partition coefficient (Wildman–Crippen LogP) is 7.15. The maximum absolute atomic E-state index is 13.5. The zero-order valence-electron chi connectivity index (χ0n) is 24.0. The second-order valence-electron chi connectivity index (χ2n) is 9.46. The minimum atomic E-state index is -0.543. The summed E-state index contributed by atoms with van der Waals surface area (Å²) in [6.45, 7) is 1.89. The Morgan fingerprint density at radius 1 is 0.864 bits per heavy atom. The summed E-state index contributed by atoms with van der Waals surface area (Å²) < 4.78 is 5.65. The van der Waals surface area contributed by atoms with Crippen molar-refractivity contribution in [3.8, 4) is 0 Å². The van der Waals surface area contributed by atoms with Crippen LogP contribution in [0.2, 0.25) is 0 Å². The number of amides is 3. The van der Waals surface area contributed by atoms with Gasteiger partial charge in [-0.15, -0.1) is 11.8 Å². The zero-order chi connectivity index (χ0) is 31.5. The highest BCUT2D eigenvalue weighted by molar-refractivity contribution is 9.10. The van der Waals surface area contributed by atoms with E-state index in [0.29, 0.717) is 28.9 Å². The third kappa shape index (κ3) is 8.92. The molecule has 0 radical (unpaired) electrons. The molecule has 0 saturated carbocycles. The average Bonchev–Trinajstić information content (AvgIpc) is 3.03. The van der Waals surface area contributed by atoms with Crippen LogP contribution in [-0.4, -0.2) is 36.1 Å². The Morgan fingerprint density at radius 3 is 2.32 bits per heavy atom. The molecule has 10 heteroatoms. The molecule has 0 bridgehead atoms. The van der Waals surface area contributed by atoms with Crippen molar-refractivity contribution < 1.29 is 23.9 Å². The van der Waals surface area contributed by atoms with E-state index in [0.717, 1.165) is 9.37 Å². The zero-order valence-corrected chi connectivity index (χ0v) is 26.4. The van der Waals surface area contributed by atoms with Crippen LogP contribution in [-0.2, 0) is 14.3 Å². The van der Waals surface area contributed by atoms with E-state index in [1.165, 1.54) is 18.9 Å². The number of benzene rings is 4. The first kappa shape index (κ1) is 32.2. The van der Waals surface area contributed by atoms with Crippen LogP contribution in [0.15, 0.2) is 118 Å². The van der Waals surface area contributed by atoms with Gasteiger partial charge in [0.25, 0.3) is 11.8 Å². The Hall–Kier alpha value is -4.67. The molecule has 44 heavy (non-hydrogen) atoms. The molecule has 4 aromatic carbocycles. The summed E-state index contributed by atoms with van der Waals surface area (Å²) >= 11 is 4.77. The molecular formula is C34H30BrN3O5S. The lowest BCUT2D eigenvalue weighted by Crippen LogP contribution is -2.30. The van der Waals surface area contributed by atoms with E-state index in [2.05, 4.69) is 31.9 Å². The van der Waals surface area contributed by atoms with Crippen molar-refractivity contribution >= 4 is 68.8 Å². The van der Waals surface area contributed by atoms with Crippen LogP contribution < -0.4 is 16.0 Å². The summed E-state index contributed by atoms with van der Waals surface area (Å²) in [5.41, 5.74) is 2.31. The summed E-state index contributed by atoms with van der Waals surface area (Å²) in [4.78, 5) is 52.5. The molecule has 3 amide bonds. The monoisotopic (exact) mass is 671 g/mol. The van der Waals surface area contributed by atoms with Gasteiger partial charge in [-0.05, 0) is 72.7 Å². The van der Waals surface area contributed by atoms with Crippen molar-refractivity contribution in [1.82, 2.24) is 5.32 Å². The van der Waals surface area contributed by atoms with Crippen LogP contribution in [0.25, 0.3) is 6.08 Å². The SMILES string of the molecule is CCC(Sc1cccc(NC(=O)/C(=C\c2cccc(Br)c2)NC(=O)c2ccccc2)c1)C(=O)Nc1ccccc1C(=O)OC. The van der Waals surface area contributed by atoms with Crippen LogP contribution in [0, 0.1) is 0 Å². The number of ether oxygens (including phenoxy) is 1. The van der Waals surface area contributed by atoms with Gasteiger partial charge in [0.2, 0.25) is 5.91 Å². The second-order valence-corrected chi connectivity index (χ2v) is 11.6. The van der Waals surface area contributed by atoms with E-state index in [-0.39, 0.29) is 17.2 Å². The molecule has 8 nitrogen and oxygen atoms in total. The largest absolute Gasteiger partial charge is 0.465 e. The van der Waals surface area contributed by atoms with Gasteiger partial charge in [-0.1, -0.05) is 71.4 Å². The van der Waals surface area contributed by atoms with Crippen molar-refractivity contribution in [2.75, 3.05) is 17.7 Å². The summed E-state index contributed by atoms with van der Waals surface area (Å²) in [6, 6.07) is 29.7. The third-order valence-corrected chi connectivity index (χ3v) is 8.16. The van der Waals surface area contributed by atoms with Gasteiger partial charge in [-0.2, -0.15) is 0 Å². The van der Waals surface area contributed by atoms with Gasteiger partial charge in [-0.25, -0.2) is 4.79 Å². The van der Waals surface area contributed by atoms with Crippen molar-refractivity contribution in [3.05, 3.63) is 130 Å². The quantitative estimate of drug-likeness (QED) is 0.0886. The molecule has 0 heterocycles. The van der Waals surface area contributed by atoms with E-state index >= 15 is 0 Å². The predicted molar refractivity (Wildman–Crippen MR) is 177 cm³/mol. The molecule has 0 saturated heterocycles. The Morgan fingerprint density at radius 2 is 1.59 bits per heavy atom. The first-order chi connectivity index (χ1) is 21.3. The lowest BCUT2D eigenvalue weighted by atomic mass is 10.1. The maximum Gasteiger partial charge on any atom is 0.339 e. The topological polar surface area (TPSA) is 114 Å². The van der Waals surface area contributed by atoms with Crippen molar-refractivity contribution in [2.24, 2.45) is 0 Å². The summed E-state index contributed by atoms with van der Waals surface area (Å²) in [5, 5.41) is 7.95. The molecule has 0 aliphatic carbocycles. The lowest BCUT2D eigenvalue weighted by molar-refractivity contribution is -0.116. The van der Waals surface area contributed by atoms with Gasteiger partial charge in [0.15, 0.2) is 0 Å². The Labute approximate surface area is 268 Å². The van der Waals surface area contributed by atoms with Gasteiger partial charge in [-0.3, -0.25) is 14.4 Å². The molecule has 0 spiro atoms. The number of hydrogen-bond acceptors (Lipinski definition) is 6. The number of rotatable bonds is 11. The number of carbonyl (C=O) groups excluding carboxylic acids is 4. The van der Waals surface area contributed by atoms with Gasteiger partial charge >= 0.3 is 5.97 Å². The minimum absolute atomic E-state index is 0.0603. The molecule has 0 fully saturated rings. The normalized spacial score (nSPS) is 11.7. The number of carbonyl (C=O) groups is 4. The van der Waals surface area contributed by atoms with Crippen LogP contribution >= 0.6 is 27.7 Å². The van der Waals surface area contributed by atoms with Crippen molar-refractivity contribution in [2.45, 2.75) is 23.5 Å². The maximum atomic E-state index is 13.5. The molecule has 3 N–H and O–H groups in total. The van der Waals surface area contributed by atoms with E-state index in [1.54, 1.807) is 78.9 Å². The number of anilines is 2. The van der Waals surface area contributed by atoms with E-state index < -0.39 is 23.0 Å². The number of halogens is 1. The number of nitrogens with one attached hydrogen (secondary N) is 3. The minimum Gasteiger partial charge on any atom is -0.465 e. The molecule has 4 aromatic rings. The molecule has 0 aliphatic heterocycles. The number of hydrogen-bond donors (Lipinski definition) is 3. The number of para-hydroxylation sites is 1. The molecule has 4 rings (SSSR count). The van der Waals surface area contributed by atoms with Gasteiger partial charge < -0.3 is 20.7 Å². The van der Waals surface area contributed by atoms with Crippen LogP contribution in [0.1, 0.15) is 39.6 Å². The van der Waals surface area contributed by atoms with Gasteiger partial charge in [0, 0.05) is 20.6 Å². The first-order valence-corrected chi connectivity index (χ1v) is 15.3. The van der Waals surface area contributed by atoms with Crippen molar-refractivity contribution in [1.29, 1.82) is 0 Å². The summed E-state index contributed by atoms with van der Waals surface area (Å²) in [7, 11) is 1.29. The number of methoxy groups -OCH3 is 1. The van der Waals surface area contributed by atoms with E-state index in [1.807, 2.05) is 37.3 Å². The Bertz CT molecular complexity index is 1690. The average molecular weight is 673 g/mol. The highest BCUT2D eigenvalue weighted by Gasteiger charge is 2.21. The van der Waals surface area contributed by atoms with Gasteiger partial charge in [0.1, 0.15) is 5.70 Å². The lowest BCUT2D eigenvalue weighted by Gasteiger charge is -2.17. The fourth-order valence-electron chi connectivity index (χ4n) is 4.13. The molecular weight excluding hydrogens is 642 g/mol. The fraction of sp³-hybridized carbons (Fsp3) is 0.118. The molecule has 1 unspecified atom stereocenters. The van der Waals surface area contributed by atoms with Crippen LogP contribution in [0.3, 0.4) is 0 Å².